The fourth-order valence-electron chi connectivity index (χ4n) is 2.56. The molecule has 23 heavy (non-hydrogen) atoms. The van der Waals surface area contributed by atoms with Crippen molar-refractivity contribution in [3.05, 3.63) is 0 Å². The predicted molar refractivity (Wildman–Crippen MR) is 93.6 cm³/mol. The van der Waals surface area contributed by atoms with Gasteiger partial charge in [0.05, 0.1) is 11.8 Å². The van der Waals surface area contributed by atoms with Crippen molar-refractivity contribution >= 4 is 34.1 Å². The van der Waals surface area contributed by atoms with Crippen LogP contribution in [0, 0.1) is 11.3 Å². The summed E-state index contributed by atoms with van der Waals surface area (Å²) in [4.78, 5) is 12.1. The van der Waals surface area contributed by atoms with E-state index in [1.165, 1.54) is 23.1 Å². The summed E-state index contributed by atoms with van der Waals surface area (Å²) < 4.78 is 0.772. The van der Waals surface area contributed by atoms with E-state index in [2.05, 4.69) is 33.8 Å². The second-order valence-electron chi connectivity index (χ2n) is 5.74. The lowest BCUT2D eigenvalue weighted by atomic mass is 9.83. The molecule has 0 atom stereocenters. The van der Waals surface area contributed by atoms with Crippen molar-refractivity contribution in [2.45, 2.75) is 61.7 Å². The van der Waals surface area contributed by atoms with E-state index in [4.69, 9.17) is 0 Å². The Bertz CT molecular complexity index is 548. The minimum Gasteiger partial charge on any atom is -0.360 e. The van der Waals surface area contributed by atoms with Crippen LogP contribution < -0.4 is 10.6 Å². The minimum atomic E-state index is -0.663. The van der Waals surface area contributed by atoms with Gasteiger partial charge in [-0.25, -0.2) is 0 Å². The topological polar surface area (TPSA) is 90.7 Å². The molecule has 0 spiro atoms. The van der Waals surface area contributed by atoms with E-state index in [9.17, 15) is 10.1 Å². The lowest BCUT2D eigenvalue weighted by Crippen LogP contribution is -2.49. The first kappa shape index (κ1) is 18.0. The number of hydrogen-bond acceptors (Lipinski definition) is 7. The van der Waals surface area contributed by atoms with Gasteiger partial charge in [0.2, 0.25) is 11.0 Å². The Morgan fingerprint density at radius 3 is 2.87 bits per heavy atom. The molecular weight excluding hydrogens is 330 g/mol. The number of amides is 1. The summed E-state index contributed by atoms with van der Waals surface area (Å²) in [7, 11) is 0. The van der Waals surface area contributed by atoms with Gasteiger partial charge in [0.1, 0.15) is 5.54 Å². The molecule has 1 aromatic heterocycles. The highest BCUT2D eigenvalue weighted by Gasteiger charge is 2.33. The van der Waals surface area contributed by atoms with Crippen LogP contribution in [-0.4, -0.2) is 33.9 Å². The van der Waals surface area contributed by atoms with Crippen LogP contribution >= 0.6 is 23.1 Å². The van der Waals surface area contributed by atoms with Gasteiger partial charge >= 0.3 is 0 Å². The molecule has 0 unspecified atom stereocenters. The van der Waals surface area contributed by atoms with Gasteiger partial charge in [-0.1, -0.05) is 55.7 Å². The first-order valence-electron chi connectivity index (χ1n) is 8.10. The minimum absolute atomic E-state index is 0.103. The Kier molecular flexibility index (Phi) is 7.12. The molecule has 1 aliphatic rings. The number of aromatic nitrogens is 2. The number of nitrogens with one attached hydrogen (secondary N) is 2. The van der Waals surface area contributed by atoms with E-state index in [0.29, 0.717) is 0 Å². The van der Waals surface area contributed by atoms with Crippen molar-refractivity contribution in [2.24, 2.45) is 0 Å². The first-order chi connectivity index (χ1) is 11.2. The first-order valence-corrected chi connectivity index (χ1v) is 9.90. The van der Waals surface area contributed by atoms with E-state index >= 15 is 0 Å². The van der Waals surface area contributed by atoms with E-state index in [-0.39, 0.29) is 11.7 Å². The molecule has 0 saturated heterocycles. The third kappa shape index (κ3) is 5.66. The normalized spacial score (nSPS) is 16.5. The molecule has 8 heteroatoms. The number of nitrogens with zero attached hydrogens (tertiary/aromatic N) is 3. The maximum Gasteiger partial charge on any atom is 0.231 e. The molecular formula is C15H23N5OS2. The molecule has 0 aliphatic heterocycles. The molecule has 0 radical (unpaired) electrons. The van der Waals surface area contributed by atoms with E-state index < -0.39 is 5.54 Å². The number of carbonyl (C=O) groups excluding carboxylic acids is 1. The summed E-state index contributed by atoms with van der Waals surface area (Å²) in [5.41, 5.74) is -0.663. The van der Waals surface area contributed by atoms with Crippen LogP contribution in [0.3, 0.4) is 0 Å². The van der Waals surface area contributed by atoms with Crippen molar-refractivity contribution in [1.29, 1.82) is 5.26 Å². The van der Waals surface area contributed by atoms with Crippen LogP contribution in [0.25, 0.3) is 0 Å². The summed E-state index contributed by atoms with van der Waals surface area (Å²) in [5, 5.41) is 24.5. The van der Waals surface area contributed by atoms with Crippen molar-refractivity contribution in [1.82, 2.24) is 15.5 Å². The molecule has 1 heterocycles. The Hall–Kier alpha value is -1.33. The van der Waals surface area contributed by atoms with Crippen LogP contribution in [0.15, 0.2) is 4.34 Å². The Labute approximate surface area is 145 Å². The zero-order valence-electron chi connectivity index (χ0n) is 13.4. The number of carbonyl (C=O) groups is 1. The van der Waals surface area contributed by atoms with E-state index in [1.54, 1.807) is 0 Å². The average molecular weight is 354 g/mol. The molecule has 0 bridgehead atoms. The van der Waals surface area contributed by atoms with Gasteiger partial charge in [0.25, 0.3) is 0 Å². The SMILES string of the molecule is CCCCNc1nnc(SCC(=O)NC2(C#N)CCCCC2)s1. The standard InChI is InChI=1S/C15H23N5OS2/c1-2-3-9-17-13-19-20-14(23-13)22-10-12(21)18-15(11-16)7-5-4-6-8-15/h2-10H2,1H3,(H,17,19)(H,18,21). The van der Waals surface area contributed by atoms with Crippen LogP contribution in [0.1, 0.15) is 51.9 Å². The Balaban J connectivity index is 1.77. The van der Waals surface area contributed by atoms with Gasteiger partial charge in [-0.3, -0.25) is 4.79 Å². The molecule has 2 N–H and O–H groups in total. The van der Waals surface area contributed by atoms with E-state index in [1.807, 2.05) is 0 Å². The quantitative estimate of drug-likeness (QED) is 0.551. The zero-order valence-corrected chi connectivity index (χ0v) is 15.1. The monoisotopic (exact) mass is 353 g/mol. The largest absolute Gasteiger partial charge is 0.360 e. The highest BCUT2D eigenvalue weighted by Crippen LogP contribution is 2.29. The fourth-order valence-corrected chi connectivity index (χ4v) is 4.14. The number of hydrogen-bond donors (Lipinski definition) is 2. The number of unbranched alkanes of at least 4 members (excludes halogenated alkanes) is 1. The van der Waals surface area contributed by atoms with Gasteiger partial charge in [-0.15, -0.1) is 10.2 Å². The van der Waals surface area contributed by atoms with Gasteiger partial charge in [-0.2, -0.15) is 5.26 Å². The lowest BCUT2D eigenvalue weighted by Gasteiger charge is -2.31. The van der Waals surface area contributed by atoms with Crippen LogP contribution in [0.5, 0.6) is 0 Å². The molecule has 1 aliphatic carbocycles. The number of rotatable bonds is 8. The van der Waals surface area contributed by atoms with Crippen LogP contribution in [0.4, 0.5) is 5.13 Å². The summed E-state index contributed by atoms with van der Waals surface area (Å²) in [5.74, 6) is 0.168. The molecule has 6 nitrogen and oxygen atoms in total. The predicted octanol–water partition coefficient (Wildman–Crippen LogP) is 3.18. The number of nitriles is 1. The van der Waals surface area contributed by atoms with E-state index in [0.717, 1.165) is 61.0 Å². The molecule has 1 saturated carbocycles. The molecule has 1 amide bonds. The van der Waals surface area contributed by atoms with Gasteiger partial charge in [-0.05, 0) is 19.3 Å². The summed E-state index contributed by atoms with van der Waals surface area (Å²) in [6.45, 7) is 3.03. The summed E-state index contributed by atoms with van der Waals surface area (Å²) >= 11 is 2.83. The lowest BCUT2D eigenvalue weighted by molar-refractivity contribution is -0.120. The van der Waals surface area contributed by atoms with Crippen molar-refractivity contribution in [2.75, 3.05) is 17.6 Å². The Morgan fingerprint density at radius 2 is 2.17 bits per heavy atom. The molecule has 2 rings (SSSR count). The van der Waals surface area contributed by atoms with Crippen molar-refractivity contribution < 1.29 is 4.79 Å². The second-order valence-corrected chi connectivity index (χ2v) is 7.94. The van der Waals surface area contributed by atoms with Crippen LogP contribution in [0.2, 0.25) is 0 Å². The number of thioether (sulfide) groups is 1. The summed E-state index contributed by atoms with van der Waals surface area (Å²) in [6, 6.07) is 2.30. The highest BCUT2D eigenvalue weighted by molar-refractivity contribution is 8.01. The summed E-state index contributed by atoms with van der Waals surface area (Å²) in [6.07, 6.45) is 6.89. The van der Waals surface area contributed by atoms with Gasteiger partial charge in [0.15, 0.2) is 4.34 Å². The van der Waals surface area contributed by atoms with Gasteiger partial charge in [0, 0.05) is 6.54 Å². The maximum atomic E-state index is 12.1. The van der Waals surface area contributed by atoms with Crippen molar-refractivity contribution in [3.63, 3.8) is 0 Å². The van der Waals surface area contributed by atoms with Crippen molar-refractivity contribution in [3.8, 4) is 6.07 Å². The third-order valence-corrected chi connectivity index (χ3v) is 5.85. The smallest absolute Gasteiger partial charge is 0.231 e. The average Bonchev–Trinajstić information content (AvgIpc) is 3.02. The van der Waals surface area contributed by atoms with Crippen LogP contribution in [-0.2, 0) is 4.79 Å². The second kappa shape index (κ2) is 9.08. The molecule has 0 aromatic carbocycles. The molecule has 1 fully saturated rings. The van der Waals surface area contributed by atoms with Gasteiger partial charge < -0.3 is 10.6 Å². The molecule has 1 aromatic rings. The number of anilines is 1. The highest BCUT2D eigenvalue weighted by atomic mass is 32.2. The fraction of sp³-hybridized carbons (Fsp3) is 0.733. The zero-order chi connectivity index (χ0) is 16.5. The third-order valence-electron chi connectivity index (χ3n) is 3.84. The molecule has 126 valence electrons. The maximum absolute atomic E-state index is 12.1. The Morgan fingerprint density at radius 1 is 1.39 bits per heavy atom.